The van der Waals surface area contributed by atoms with E-state index < -0.39 is 6.61 Å². The van der Waals surface area contributed by atoms with Gasteiger partial charge in [-0.05, 0) is 44.5 Å². The lowest BCUT2D eigenvalue weighted by atomic mass is 10.1. The molecule has 3 rings (SSSR count). The van der Waals surface area contributed by atoms with Gasteiger partial charge in [0.25, 0.3) is 5.91 Å². The second-order valence-corrected chi connectivity index (χ2v) is 6.36. The fraction of sp³-hybridized carbons (Fsp3) is 0.316. The van der Waals surface area contributed by atoms with Gasteiger partial charge in [0.2, 0.25) is 0 Å². The Hall–Kier alpha value is -3.03. The summed E-state index contributed by atoms with van der Waals surface area (Å²) >= 11 is 0. The van der Waals surface area contributed by atoms with Crippen LogP contribution in [0.1, 0.15) is 40.3 Å². The number of carbonyl (C=O) groups excluding carboxylic acids is 1. The highest BCUT2D eigenvalue weighted by atomic mass is 19.3. The first kappa shape index (κ1) is 18.8. The second-order valence-electron chi connectivity index (χ2n) is 6.36. The molecule has 0 spiro atoms. The van der Waals surface area contributed by atoms with Gasteiger partial charge >= 0.3 is 6.61 Å². The van der Waals surface area contributed by atoms with Crippen LogP contribution in [0.15, 0.2) is 30.3 Å². The molecule has 0 saturated carbocycles. The number of halogens is 2. The van der Waals surface area contributed by atoms with Gasteiger partial charge in [0.05, 0.1) is 22.7 Å². The van der Waals surface area contributed by atoms with Gasteiger partial charge in [0.1, 0.15) is 5.75 Å². The Morgan fingerprint density at radius 1 is 1.22 bits per heavy atom. The summed E-state index contributed by atoms with van der Waals surface area (Å²) in [7, 11) is 1.79. The Kier molecular flexibility index (Phi) is 5.07. The number of aryl methyl sites for hydroxylation is 3. The Labute approximate surface area is 155 Å². The first-order valence-corrected chi connectivity index (χ1v) is 8.43. The minimum absolute atomic E-state index is 0.0738. The number of benzene rings is 1. The first-order valence-electron chi connectivity index (χ1n) is 8.43. The number of alkyl halides is 2. The largest absolute Gasteiger partial charge is 0.435 e. The highest BCUT2D eigenvalue weighted by molar-refractivity contribution is 6.06. The Morgan fingerprint density at radius 3 is 2.52 bits per heavy atom. The fourth-order valence-electron chi connectivity index (χ4n) is 3.04. The molecule has 0 aliphatic carbocycles. The van der Waals surface area contributed by atoms with Crippen LogP contribution in [0.25, 0.3) is 11.0 Å². The lowest BCUT2D eigenvalue weighted by Crippen LogP contribution is -2.27. The minimum Gasteiger partial charge on any atom is -0.435 e. The number of hydrogen-bond acceptors (Lipinski definition) is 4. The summed E-state index contributed by atoms with van der Waals surface area (Å²) in [6, 6.07) is 7.60. The van der Waals surface area contributed by atoms with E-state index >= 15 is 0 Å². The SMILES string of the molecule is Cc1cc(C(=O)NC(C)c2ccc(OC(F)F)cc2)c2c(C)nn(C)c2n1. The van der Waals surface area contributed by atoms with Crippen molar-refractivity contribution in [3.05, 3.63) is 52.8 Å². The predicted molar refractivity (Wildman–Crippen MR) is 96.9 cm³/mol. The van der Waals surface area contributed by atoms with Crippen LogP contribution in [0.3, 0.4) is 0 Å². The second kappa shape index (κ2) is 7.30. The quantitative estimate of drug-likeness (QED) is 0.740. The average Bonchev–Trinajstić information content (AvgIpc) is 2.88. The maximum absolute atomic E-state index is 12.9. The van der Waals surface area contributed by atoms with Gasteiger partial charge in [-0.2, -0.15) is 13.9 Å². The molecule has 0 fully saturated rings. The molecule has 0 radical (unpaired) electrons. The summed E-state index contributed by atoms with van der Waals surface area (Å²) in [6.45, 7) is 2.61. The number of aromatic nitrogens is 3. The van der Waals surface area contributed by atoms with Crippen LogP contribution in [0, 0.1) is 13.8 Å². The molecule has 0 saturated heterocycles. The third-order valence-corrected chi connectivity index (χ3v) is 4.29. The summed E-state index contributed by atoms with van der Waals surface area (Å²) < 4.78 is 30.5. The fourth-order valence-corrected chi connectivity index (χ4v) is 3.04. The third kappa shape index (κ3) is 3.89. The number of nitrogens with zero attached hydrogens (tertiary/aromatic N) is 3. The molecule has 6 nitrogen and oxygen atoms in total. The first-order chi connectivity index (χ1) is 12.8. The molecule has 1 atom stereocenters. The van der Waals surface area contributed by atoms with Gasteiger partial charge in [-0.3, -0.25) is 9.48 Å². The van der Waals surface area contributed by atoms with Gasteiger partial charge in [-0.1, -0.05) is 12.1 Å². The van der Waals surface area contributed by atoms with Crippen molar-refractivity contribution in [1.82, 2.24) is 20.1 Å². The van der Waals surface area contributed by atoms with Crippen LogP contribution < -0.4 is 10.1 Å². The Balaban J connectivity index is 1.84. The van der Waals surface area contributed by atoms with Crippen LogP contribution in [-0.4, -0.2) is 27.3 Å². The predicted octanol–water partition coefficient (Wildman–Crippen LogP) is 3.68. The Morgan fingerprint density at radius 2 is 1.89 bits per heavy atom. The number of hydrogen-bond donors (Lipinski definition) is 1. The van der Waals surface area contributed by atoms with Crippen LogP contribution in [0.4, 0.5) is 8.78 Å². The van der Waals surface area contributed by atoms with E-state index in [2.05, 4.69) is 20.1 Å². The molecular formula is C19H20F2N4O2. The number of ether oxygens (including phenoxy) is 1. The van der Waals surface area contributed by atoms with E-state index in [1.165, 1.54) is 12.1 Å². The van der Waals surface area contributed by atoms with Crippen molar-refractivity contribution in [2.75, 3.05) is 0 Å². The highest BCUT2D eigenvalue weighted by Gasteiger charge is 2.19. The normalized spacial score (nSPS) is 12.4. The molecule has 0 aliphatic rings. The maximum atomic E-state index is 12.9. The lowest BCUT2D eigenvalue weighted by molar-refractivity contribution is -0.0498. The highest BCUT2D eigenvalue weighted by Crippen LogP contribution is 2.23. The average molecular weight is 374 g/mol. The van der Waals surface area contributed by atoms with Crippen molar-refractivity contribution >= 4 is 16.9 Å². The van der Waals surface area contributed by atoms with E-state index in [0.29, 0.717) is 16.6 Å². The van der Waals surface area contributed by atoms with E-state index in [9.17, 15) is 13.6 Å². The van der Waals surface area contributed by atoms with Gasteiger partial charge < -0.3 is 10.1 Å². The lowest BCUT2D eigenvalue weighted by Gasteiger charge is -2.16. The summed E-state index contributed by atoms with van der Waals surface area (Å²) in [6.07, 6.45) is 0. The van der Waals surface area contributed by atoms with E-state index in [-0.39, 0.29) is 17.7 Å². The van der Waals surface area contributed by atoms with Crippen molar-refractivity contribution in [3.8, 4) is 5.75 Å². The number of amides is 1. The summed E-state index contributed by atoms with van der Waals surface area (Å²) in [5, 5.41) is 8.00. The molecule has 1 amide bonds. The smallest absolute Gasteiger partial charge is 0.387 e. The number of rotatable bonds is 5. The maximum Gasteiger partial charge on any atom is 0.387 e. The molecule has 8 heteroatoms. The molecule has 2 heterocycles. The molecule has 1 aromatic carbocycles. The zero-order valence-electron chi connectivity index (χ0n) is 15.5. The van der Waals surface area contributed by atoms with Gasteiger partial charge in [0, 0.05) is 12.7 Å². The van der Waals surface area contributed by atoms with E-state index in [4.69, 9.17) is 0 Å². The van der Waals surface area contributed by atoms with Crippen LogP contribution >= 0.6 is 0 Å². The standard InChI is InChI=1S/C19H20F2N4O2/c1-10-9-15(16-12(3)24-25(4)17(16)22-10)18(26)23-11(2)13-5-7-14(8-6-13)27-19(20)21/h5-9,11,19H,1-4H3,(H,23,26). The minimum atomic E-state index is -2.87. The van der Waals surface area contributed by atoms with Crippen molar-refractivity contribution < 1.29 is 18.3 Å². The summed E-state index contributed by atoms with van der Waals surface area (Å²) in [4.78, 5) is 17.3. The summed E-state index contributed by atoms with van der Waals surface area (Å²) in [5.41, 5.74) is 3.38. The van der Waals surface area contributed by atoms with Crippen LogP contribution in [0.2, 0.25) is 0 Å². The van der Waals surface area contributed by atoms with Crippen molar-refractivity contribution in [3.63, 3.8) is 0 Å². The topological polar surface area (TPSA) is 69.0 Å². The third-order valence-electron chi connectivity index (χ3n) is 4.29. The molecule has 142 valence electrons. The van der Waals surface area contributed by atoms with Crippen LogP contribution in [-0.2, 0) is 7.05 Å². The molecule has 2 aromatic heterocycles. The summed E-state index contributed by atoms with van der Waals surface area (Å²) in [5.74, 6) is -0.174. The number of carbonyl (C=O) groups is 1. The van der Waals surface area contributed by atoms with Gasteiger partial charge in [-0.15, -0.1) is 0 Å². The van der Waals surface area contributed by atoms with Crippen molar-refractivity contribution in [1.29, 1.82) is 0 Å². The number of nitrogens with one attached hydrogen (secondary N) is 1. The molecule has 0 aliphatic heterocycles. The monoisotopic (exact) mass is 374 g/mol. The van der Waals surface area contributed by atoms with Gasteiger partial charge in [0.15, 0.2) is 5.65 Å². The molecule has 27 heavy (non-hydrogen) atoms. The molecule has 1 N–H and O–H groups in total. The van der Waals surface area contributed by atoms with E-state index in [0.717, 1.165) is 17.0 Å². The molecule has 3 aromatic rings. The number of fused-ring (bicyclic) bond motifs is 1. The zero-order valence-corrected chi connectivity index (χ0v) is 15.5. The van der Waals surface area contributed by atoms with E-state index in [1.54, 1.807) is 29.9 Å². The van der Waals surface area contributed by atoms with E-state index in [1.807, 2.05) is 20.8 Å². The molecule has 0 bridgehead atoms. The van der Waals surface area contributed by atoms with Crippen LogP contribution in [0.5, 0.6) is 5.75 Å². The molecule has 1 unspecified atom stereocenters. The van der Waals surface area contributed by atoms with Crippen molar-refractivity contribution in [2.45, 2.75) is 33.4 Å². The van der Waals surface area contributed by atoms with Gasteiger partial charge in [-0.25, -0.2) is 4.98 Å². The molecular weight excluding hydrogens is 354 g/mol. The number of pyridine rings is 1. The zero-order chi connectivity index (χ0) is 19.7. The Bertz CT molecular complexity index is 984. The van der Waals surface area contributed by atoms with Crippen molar-refractivity contribution in [2.24, 2.45) is 7.05 Å².